The molecule has 0 bridgehead atoms. The number of rotatable bonds is 2. The number of aromatic nitrogens is 2. The molecule has 0 radical (unpaired) electrons. The third-order valence-corrected chi connectivity index (χ3v) is 5.82. The van der Waals surface area contributed by atoms with E-state index in [1.54, 1.807) is 11.6 Å². The van der Waals surface area contributed by atoms with E-state index < -0.39 is 15.6 Å². The van der Waals surface area contributed by atoms with Gasteiger partial charge in [0, 0.05) is 32.9 Å². The van der Waals surface area contributed by atoms with Crippen molar-refractivity contribution in [2.45, 2.75) is 23.5 Å². The fraction of sp³-hybridized carbons (Fsp3) is 0.667. The van der Waals surface area contributed by atoms with Gasteiger partial charge in [0.15, 0.2) is 5.03 Å². The highest BCUT2D eigenvalue weighted by molar-refractivity contribution is 7.89. The molecule has 0 saturated carbocycles. The first-order valence-electron chi connectivity index (χ1n) is 6.80. The van der Waals surface area contributed by atoms with Crippen LogP contribution in [0.4, 0.5) is 0 Å². The quantitative estimate of drug-likeness (QED) is 0.763. The normalized spacial score (nSPS) is 23.2. The third kappa shape index (κ3) is 2.68. The lowest BCUT2D eigenvalue weighted by atomic mass is 9.91. The molecule has 2 saturated heterocycles. The van der Waals surface area contributed by atoms with E-state index in [9.17, 15) is 13.2 Å². The summed E-state index contributed by atoms with van der Waals surface area (Å²) in [6.07, 6.45) is 4.10. The molecule has 116 valence electrons. The first-order valence-corrected chi connectivity index (χ1v) is 8.24. The van der Waals surface area contributed by atoms with Crippen molar-refractivity contribution < 1.29 is 17.9 Å². The van der Waals surface area contributed by atoms with Crippen LogP contribution >= 0.6 is 0 Å². The Morgan fingerprint density at radius 3 is 2.62 bits per heavy atom. The van der Waals surface area contributed by atoms with Crippen molar-refractivity contribution in [3.05, 3.63) is 12.5 Å². The number of imidazole rings is 1. The summed E-state index contributed by atoms with van der Waals surface area (Å²) in [6.45, 7) is 1.24. The van der Waals surface area contributed by atoms with Crippen molar-refractivity contribution in [3.63, 3.8) is 0 Å². The average Bonchev–Trinajstić information content (AvgIpc) is 2.90. The van der Waals surface area contributed by atoms with E-state index in [4.69, 9.17) is 4.74 Å². The summed E-state index contributed by atoms with van der Waals surface area (Å²) in [5.74, 6) is -0.121. The SMILES string of the molecule is Cn1cnc(S(=O)(=O)N2CCC3(CC2)CNC(=O)CO3)c1. The van der Waals surface area contributed by atoms with Gasteiger partial charge in [-0.05, 0) is 12.8 Å². The van der Waals surface area contributed by atoms with Crippen molar-refractivity contribution in [2.75, 3.05) is 26.2 Å². The number of carbonyl (C=O) groups is 1. The number of amides is 1. The smallest absolute Gasteiger partial charge is 0.262 e. The van der Waals surface area contributed by atoms with Gasteiger partial charge >= 0.3 is 0 Å². The molecule has 0 atom stereocenters. The number of nitrogens with zero attached hydrogens (tertiary/aromatic N) is 3. The van der Waals surface area contributed by atoms with Crippen molar-refractivity contribution in [3.8, 4) is 0 Å². The van der Waals surface area contributed by atoms with Crippen molar-refractivity contribution in [2.24, 2.45) is 7.05 Å². The van der Waals surface area contributed by atoms with Crippen LogP contribution in [0.25, 0.3) is 0 Å². The molecule has 9 heteroatoms. The van der Waals surface area contributed by atoms with Crippen LogP contribution in [-0.4, -0.2) is 60.0 Å². The van der Waals surface area contributed by atoms with Crippen LogP contribution in [0, 0.1) is 0 Å². The summed E-state index contributed by atoms with van der Waals surface area (Å²) in [7, 11) is -1.82. The van der Waals surface area contributed by atoms with Crippen LogP contribution in [0.1, 0.15) is 12.8 Å². The Hall–Kier alpha value is -1.45. The molecule has 3 rings (SSSR count). The van der Waals surface area contributed by atoms with E-state index in [1.807, 2.05) is 0 Å². The highest BCUT2D eigenvalue weighted by Gasteiger charge is 2.42. The maximum absolute atomic E-state index is 12.5. The minimum Gasteiger partial charge on any atom is -0.363 e. The Morgan fingerprint density at radius 1 is 1.38 bits per heavy atom. The summed E-state index contributed by atoms with van der Waals surface area (Å²) in [5, 5.41) is 2.85. The van der Waals surface area contributed by atoms with Gasteiger partial charge in [0.1, 0.15) is 6.61 Å². The highest BCUT2D eigenvalue weighted by Crippen LogP contribution is 2.30. The maximum Gasteiger partial charge on any atom is 0.262 e. The molecule has 2 aliphatic rings. The van der Waals surface area contributed by atoms with Crippen LogP contribution in [0.15, 0.2) is 17.6 Å². The van der Waals surface area contributed by atoms with Crippen molar-refractivity contribution >= 4 is 15.9 Å². The topological polar surface area (TPSA) is 93.5 Å². The van der Waals surface area contributed by atoms with Gasteiger partial charge in [0.2, 0.25) is 5.91 Å². The van der Waals surface area contributed by atoms with Gasteiger partial charge < -0.3 is 14.6 Å². The lowest BCUT2D eigenvalue weighted by Crippen LogP contribution is -2.57. The first-order chi connectivity index (χ1) is 9.91. The molecule has 3 heterocycles. The second-order valence-corrected chi connectivity index (χ2v) is 7.41. The van der Waals surface area contributed by atoms with Crippen LogP contribution in [-0.2, 0) is 26.6 Å². The molecule has 1 aromatic rings. The van der Waals surface area contributed by atoms with Gasteiger partial charge in [0.05, 0.1) is 11.9 Å². The fourth-order valence-corrected chi connectivity index (χ4v) is 4.10. The number of ether oxygens (including phenoxy) is 1. The number of carbonyl (C=O) groups excluding carboxylic acids is 1. The fourth-order valence-electron chi connectivity index (χ4n) is 2.69. The molecule has 2 fully saturated rings. The number of piperidine rings is 1. The van der Waals surface area contributed by atoms with Gasteiger partial charge in [-0.15, -0.1) is 0 Å². The Morgan fingerprint density at radius 2 is 2.10 bits per heavy atom. The summed E-state index contributed by atoms with van der Waals surface area (Å²) >= 11 is 0. The Balaban J connectivity index is 1.69. The molecule has 8 nitrogen and oxygen atoms in total. The van der Waals surface area contributed by atoms with Crippen molar-refractivity contribution in [1.82, 2.24) is 19.2 Å². The largest absolute Gasteiger partial charge is 0.363 e. The molecule has 21 heavy (non-hydrogen) atoms. The molecule has 1 amide bonds. The van der Waals surface area contributed by atoms with Crippen LogP contribution in [0.3, 0.4) is 0 Å². The zero-order chi connectivity index (χ0) is 15.1. The Labute approximate surface area is 123 Å². The number of sulfonamides is 1. The van der Waals surface area contributed by atoms with E-state index >= 15 is 0 Å². The summed E-state index contributed by atoms with van der Waals surface area (Å²) < 4.78 is 33.6. The number of nitrogens with one attached hydrogen (secondary N) is 1. The standard InChI is InChI=1S/C12H18N4O4S/c1-15-6-11(14-9-15)21(18,19)16-4-2-12(3-5-16)8-13-10(17)7-20-12/h6,9H,2-5,7-8H2,1H3,(H,13,17). The summed E-state index contributed by atoms with van der Waals surface area (Å²) in [5.41, 5.74) is -0.427. The third-order valence-electron chi connectivity index (χ3n) is 4.04. The number of hydrogen-bond donors (Lipinski definition) is 1. The minimum absolute atomic E-state index is 0.0486. The van der Waals surface area contributed by atoms with Crippen LogP contribution in [0.5, 0.6) is 0 Å². The molecular formula is C12H18N4O4S. The molecule has 1 N–H and O–H groups in total. The van der Waals surface area contributed by atoms with Gasteiger partial charge in [-0.2, -0.15) is 4.31 Å². The summed E-state index contributed by atoms with van der Waals surface area (Å²) in [4.78, 5) is 15.1. The van der Waals surface area contributed by atoms with Gasteiger partial charge in [-0.1, -0.05) is 0 Å². The second kappa shape index (κ2) is 5.08. The molecular weight excluding hydrogens is 296 g/mol. The van der Waals surface area contributed by atoms with E-state index in [0.717, 1.165) is 0 Å². The zero-order valence-electron chi connectivity index (χ0n) is 11.8. The zero-order valence-corrected chi connectivity index (χ0v) is 12.6. The monoisotopic (exact) mass is 314 g/mol. The second-order valence-electron chi connectivity index (χ2n) is 5.53. The van der Waals surface area contributed by atoms with Gasteiger partial charge in [-0.3, -0.25) is 4.79 Å². The average molecular weight is 314 g/mol. The van der Waals surface area contributed by atoms with E-state index in [-0.39, 0.29) is 17.5 Å². The minimum atomic E-state index is -3.55. The molecule has 0 aliphatic carbocycles. The van der Waals surface area contributed by atoms with Gasteiger partial charge in [0.25, 0.3) is 10.0 Å². The van der Waals surface area contributed by atoms with Crippen molar-refractivity contribution in [1.29, 1.82) is 0 Å². The predicted octanol–water partition coefficient (Wildman–Crippen LogP) is -0.910. The van der Waals surface area contributed by atoms with E-state index in [2.05, 4.69) is 10.3 Å². The predicted molar refractivity (Wildman–Crippen MR) is 72.9 cm³/mol. The first kappa shape index (κ1) is 14.5. The van der Waals surface area contributed by atoms with E-state index in [0.29, 0.717) is 32.5 Å². The molecule has 0 unspecified atom stereocenters. The lowest BCUT2D eigenvalue weighted by Gasteiger charge is -2.42. The molecule has 0 aromatic carbocycles. The van der Waals surface area contributed by atoms with Crippen LogP contribution < -0.4 is 5.32 Å². The van der Waals surface area contributed by atoms with Crippen LogP contribution in [0.2, 0.25) is 0 Å². The number of morpholine rings is 1. The number of aryl methyl sites for hydroxylation is 1. The lowest BCUT2D eigenvalue weighted by molar-refractivity contribution is -0.148. The molecule has 2 aliphatic heterocycles. The van der Waals surface area contributed by atoms with E-state index in [1.165, 1.54) is 16.8 Å². The Bertz CT molecular complexity index is 634. The molecule has 1 aromatic heterocycles. The van der Waals surface area contributed by atoms with Gasteiger partial charge in [-0.25, -0.2) is 13.4 Å². The highest BCUT2D eigenvalue weighted by atomic mass is 32.2. The molecule has 1 spiro atoms. The maximum atomic E-state index is 12.5. The summed E-state index contributed by atoms with van der Waals surface area (Å²) in [6, 6.07) is 0. The number of hydrogen-bond acceptors (Lipinski definition) is 5. The Kier molecular flexibility index (Phi) is 3.50.